The van der Waals surface area contributed by atoms with Gasteiger partial charge in [0.2, 0.25) is 0 Å². The van der Waals surface area contributed by atoms with E-state index in [-0.39, 0.29) is 0 Å². The molecular formula is C11H16Br2S. The molecule has 1 unspecified atom stereocenters. The molecule has 0 spiro atoms. The minimum absolute atomic E-state index is 0.356. The number of aryl methyl sites for hydroxylation is 1. The zero-order chi connectivity index (χ0) is 10.8. The molecule has 0 aliphatic heterocycles. The van der Waals surface area contributed by atoms with Crippen LogP contribution in [0.4, 0.5) is 0 Å². The van der Waals surface area contributed by atoms with E-state index in [1.54, 1.807) is 0 Å². The molecule has 0 aromatic carbocycles. The monoisotopic (exact) mass is 338 g/mol. The van der Waals surface area contributed by atoms with Crippen molar-refractivity contribution in [1.29, 1.82) is 0 Å². The molecule has 1 rings (SSSR count). The fourth-order valence-corrected chi connectivity index (χ4v) is 2.89. The van der Waals surface area contributed by atoms with Gasteiger partial charge in [0, 0.05) is 19.6 Å². The lowest BCUT2D eigenvalue weighted by atomic mass is 9.89. The van der Waals surface area contributed by atoms with Crippen molar-refractivity contribution in [3.63, 3.8) is 0 Å². The second kappa shape index (κ2) is 5.13. The van der Waals surface area contributed by atoms with Crippen LogP contribution >= 0.6 is 43.2 Å². The van der Waals surface area contributed by atoms with Crippen LogP contribution in [0.25, 0.3) is 0 Å². The molecule has 1 heterocycles. The van der Waals surface area contributed by atoms with Crippen LogP contribution in [0.15, 0.2) is 15.9 Å². The summed E-state index contributed by atoms with van der Waals surface area (Å²) >= 11 is 9.07. The Bertz CT molecular complexity index is 286. The maximum absolute atomic E-state index is 3.76. The molecular weight excluding hydrogens is 324 g/mol. The van der Waals surface area contributed by atoms with E-state index in [1.807, 2.05) is 11.3 Å². The normalized spacial score (nSPS) is 14.4. The second-order valence-electron chi connectivity index (χ2n) is 4.60. The van der Waals surface area contributed by atoms with Crippen LogP contribution < -0.4 is 0 Å². The molecule has 0 aliphatic carbocycles. The highest BCUT2D eigenvalue weighted by molar-refractivity contribution is 9.10. The fraction of sp³-hybridized carbons (Fsp3) is 0.636. The highest BCUT2D eigenvalue weighted by atomic mass is 79.9. The Labute approximate surface area is 107 Å². The highest BCUT2D eigenvalue weighted by Gasteiger charge is 2.21. The van der Waals surface area contributed by atoms with E-state index in [0.717, 1.165) is 0 Å². The van der Waals surface area contributed by atoms with Gasteiger partial charge in [0.05, 0.1) is 0 Å². The summed E-state index contributed by atoms with van der Waals surface area (Å²) in [7, 11) is 0. The van der Waals surface area contributed by atoms with Crippen molar-refractivity contribution < 1.29 is 0 Å². The van der Waals surface area contributed by atoms with Gasteiger partial charge < -0.3 is 0 Å². The SMILES string of the molecule is CC(C)(C)C(Br)CCc1cc(Br)cs1. The Morgan fingerprint density at radius 1 is 1.43 bits per heavy atom. The quantitative estimate of drug-likeness (QED) is 0.659. The van der Waals surface area contributed by atoms with Crippen LogP contribution in [-0.2, 0) is 6.42 Å². The van der Waals surface area contributed by atoms with Gasteiger partial charge in [0.15, 0.2) is 0 Å². The molecule has 1 aromatic heterocycles. The number of alkyl halides is 1. The molecule has 14 heavy (non-hydrogen) atoms. The summed E-state index contributed by atoms with van der Waals surface area (Å²) < 4.78 is 1.21. The van der Waals surface area contributed by atoms with Crippen molar-refractivity contribution in [1.82, 2.24) is 0 Å². The molecule has 0 N–H and O–H groups in total. The lowest BCUT2D eigenvalue weighted by Gasteiger charge is -2.25. The maximum Gasteiger partial charge on any atom is 0.0285 e. The van der Waals surface area contributed by atoms with E-state index in [1.165, 1.54) is 22.2 Å². The van der Waals surface area contributed by atoms with E-state index >= 15 is 0 Å². The summed E-state index contributed by atoms with van der Waals surface area (Å²) in [6, 6.07) is 2.22. The third kappa shape index (κ3) is 4.03. The van der Waals surface area contributed by atoms with Gasteiger partial charge in [-0.2, -0.15) is 0 Å². The van der Waals surface area contributed by atoms with Crippen LogP contribution in [0.3, 0.4) is 0 Å². The van der Waals surface area contributed by atoms with Crippen molar-refractivity contribution in [2.45, 2.75) is 38.4 Å². The van der Waals surface area contributed by atoms with Crippen molar-refractivity contribution >= 4 is 43.2 Å². The lowest BCUT2D eigenvalue weighted by Crippen LogP contribution is -2.20. The Hall–Kier alpha value is 0.660. The number of halogens is 2. The predicted octanol–water partition coefficient (Wildman–Crippen LogP) is 5.25. The van der Waals surface area contributed by atoms with E-state index in [2.05, 4.69) is 64.1 Å². The lowest BCUT2D eigenvalue weighted by molar-refractivity contribution is 0.386. The molecule has 1 atom stereocenters. The number of rotatable bonds is 3. The summed E-state index contributed by atoms with van der Waals surface area (Å²) in [5, 5.41) is 2.15. The summed E-state index contributed by atoms with van der Waals surface area (Å²) in [5.41, 5.74) is 0.356. The highest BCUT2D eigenvalue weighted by Crippen LogP contribution is 2.31. The summed E-state index contributed by atoms with van der Waals surface area (Å²) in [6.07, 6.45) is 2.37. The average Bonchev–Trinajstić information content (AvgIpc) is 2.45. The molecule has 3 heteroatoms. The standard InChI is InChI=1S/C11H16Br2S/c1-11(2,3)10(13)5-4-9-6-8(12)7-14-9/h6-7,10H,4-5H2,1-3H3. The van der Waals surface area contributed by atoms with Gasteiger partial charge in [-0.15, -0.1) is 11.3 Å². The van der Waals surface area contributed by atoms with Crippen molar-refractivity contribution in [2.75, 3.05) is 0 Å². The first-order chi connectivity index (χ1) is 6.39. The molecule has 0 radical (unpaired) electrons. The molecule has 0 nitrogen and oxygen atoms in total. The van der Waals surface area contributed by atoms with Gasteiger partial charge >= 0.3 is 0 Å². The van der Waals surface area contributed by atoms with Crippen LogP contribution in [0.2, 0.25) is 0 Å². The number of hydrogen-bond acceptors (Lipinski definition) is 1. The molecule has 80 valence electrons. The zero-order valence-electron chi connectivity index (χ0n) is 8.81. The van der Waals surface area contributed by atoms with E-state index in [4.69, 9.17) is 0 Å². The van der Waals surface area contributed by atoms with Crippen LogP contribution in [0.5, 0.6) is 0 Å². The predicted molar refractivity (Wildman–Crippen MR) is 72.5 cm³/mol. The maximum atomic E-state index is 3.76. The first-order valence-corrected chi connectivity index (χ1v) is 7.35. The van der Waals surface area contributed by atoms with E-state index in [0.29, 0.717) is 10.2 Å². The Morgan fingerprint density at radius 2 is 2.07 bits per heavy atom. The van der Waals surface area contributed by atoms with Gasteiger partial charge in [-0.05, 0) is 40.3 Å². The molecule has 0 amide bonds. The van der Waals surface area contributed by atoms with Crippen LogP contribution in [0, 0.1) is 5.41 Å². The topological polar surface area (TPSA) is 0 Å². The second-order valence-corrected chi connectivity index (χ2v) is 7.62. The molecule has 0 saturated heterocycles. The molecule has 0 fully saturated rings. The van der Waals surface area contributed by atoms with Crippen molar-refractivity contribution in [3.8, 4) is 0 Å². The van der Waals surface area contributed by atoms with Gasteiger partial charge in [-0.3, -0.25) is 0 Å². The number of hydrogen-bond donors (Lipinski definition) is 0. The number of thiophene rings is 1. The Balaban J connectivity index is 2.41. The van der Waals surface area contributed by atoms with Gasteiger partial charge in [-0.25, -0.2) is 0 Å². The van der Waals surface area contributed by atoms with Crippen LogP contribution in [-0.4, -0.2) is 4.83 Å². The Kier molecular flexibility index (Phi) is 4.66. The third-order valence-corrected chi connectivity index (χ3v) is 5.79. The van der Waals surface area contributed by atoms with Crippen molar-refractivity contribution in [2.24, 2.45) is 5.41 Å². The molecule has 1 aromatic rings. The van der Waals surface area contributed by atoms with Crippen molar-refractivity contribution in [3.05, 3.63) is 20.8 Å². The first kappa shape index (κ1) is 12.7. The molecule has 0 bridgehead atoms. The smallest absolute Gasteiger partial charge is 0.0285 e. The summed E-state index contributed by atoms with van der Waals surface area (Å²) in [5.74, 6) is 0. The van der Waals surface area contributed by atoms with Crippen LogP contribution in [0.1, 0.15) is 32.1 Å². The molecule has 0 saturated carbocycles. The third-order valence-electron chi connectivity index (χ3n) is 2.21. The average molecular weight is 340 g/mol. The zero-order valence-corrected chi connectivity index (χ0v) is 12.8. The summed E-state index contributed by atoms with van der Waals surface area (Å²) in [4.78, 5) is 2.06. The summed E-state index contributed by atoms with van der Waals surface area (Å²) in [6.45, 7) is 6.82. The minimum Gasteiger partial charge on any atom is -0.148 e. The van der Waals surface area contributed by atoms with E-state index < -0.39 is 0 Å². The van der Waals surface area contributed by atoms with E-state index in [9.17, 15) is 0 Å². The first-order valence-electron chi connectivity index (χ1n) is 4.76. The molecule has 0 aliphatic rings. The van der Waals surface area contributed by atoms with Gasteiger partial charge in [-0.1, -0.05) is 36.7 Å². The van der Waals surface area contributed by atoms with Gasteiger partial charge in [0.25, 0.3) is 0 Å². The van der Waals surface area contributed by atoms with Gasteiger partial charge in [0.1, 0.15) is 0 Å². The Morgan fingerprint density at radius 3 is 2.50 bits per heavy atom. The minimum atomic E-state index is 0.356. The fourth-order valence-electron chi connectivity index (χ4n) is 1.19. The largest absolute Gasteiger partial charge is 0.148 e.